The highest BCUT2D eigenvalue weighted by Crippen LogP contribution is 1.96. The maximum absolute atomic E-state index is 10.0. The van der Waals surface area contributed by atoms with Gasteiger partial charge in [-0.05, 0) is 5.92 Å². The molecule has 4 nitrogen and oxygen atoms in total. The van der Waals surface area contributed by atoms with Gasteiger partial charge in [-0.15, -0.1) is 0 Å². The average Bonchev–Trinajstić information content (AvgIpc) is 1.62. The van der Waals surface area contributed by atoms with Gasteiger partial charge in [0.25, 0.3) is 10.1 Å². The molecule has 0 radical (unpaired) electrons. The molecule has 0 saturated carbocycles. The van der Waals surface area contributed by atoms with Crippen molar-refractivity contribution in [2.75, 3.05) is 12.4 Å². The van der Waals surface area contributed by atoms with Crippen LogP contribution in [-0.4, -0.2) is 30.4 Å². The van der Waals surface area contributed by atoms with Crippen LogP contribution < -0.4 is 0 Å². The Morgan fingerprint density at radius 2 is 2.00 bits per heavy atom. The van der Waals surface area contributed by atoms with Crippen LogP contribution in [0.25, 0.3) is 0 Å². The topological polar surface area (TPSA) is 74.6 Å². The Morgan fingerprint density at radius 1 is 1.56 bits per heavy atom. The van der Waals surface area contributed by atoms with Crippen molar-refractivity contribution in [3.63, 3.8) is 0 Å². The fourth-order valence-electron chi connectivity index (χ4n) is 0.412. The largest absolute Gasteiger partial charge is 0.396 e. The standard InChI is InChI=1S/C4H10O4S/c1-4(2-5)3-9(6,7)8/h4-5H,2-3H2,1H3,(H,6,7,8)/t4-/m0/s1. The smallest absolute Gasteiger partial charge is 0.265 e. The van der Waals surface area contributed by atoms with Crippen LogP contribution in [0.2, 0.25) is 0 Å². The van der Waals surface area contributed by atoms with Crippen molar-refractivity contribution in [2.45, 2.75) is 6.92 Å². The molecule has 0 amide bonds. The van der Waals surface area contributed by atoms with Crippen LogP contribution in [0.1, 0.15) is 6.92 Å². The third kappa shape index (κ3) is 5.75. The summed E-state index contributed by atoms with van der Waals surface area (Å²) in [6.45, 7) is 1.31. The van der Waals surface area contributed by atoms with Crippen LogP contribution in [0, 0.1) is 5.92 Å². The van der Waals surface area contributed by atoms with Crippen molar-refractivity contribution >= 4 is 10.1 Å². The summed E-state index contributed by atoms with van der Waals surface area (Å²) in [7, 11) is -3.90. The molecule has 0 aliphatic rings. The number of aliphatic hydroxyl groups excluding tert-OH is 1. The molecule has 0 aromatic rings. The average molecular weight is 154 g/mol. The van der Waals surface area contributed by atoms with Gasteiger partial charge in [-0.1, -0.05) is 6.92 Å². The molecule has 0 unspecified atom stereocenters. The first-order valence-corrected chi connectivity index (χ1v) is 4.12. The number of hydrogen-bond donors (Lipinski definition) is 2. The van der Waals surface area contributed by atoms with Gasteiger partial charge >= 0.3 is 0 Å². The molecule has 0 rings (SSSR count). The van der Waals surface area contributed by atoms with Gasteiger partial charge in [0.15, 0.2) is 0 Å². The second-order valence-electron chi connectivity index (χ2n) is 2.04. The number of aliphatic hydroxyl groups is 1. The zero-order chi connectivity index (χ0) is 7.49. The fourth-order valence-corrected chi connectivity index (χ4v) is 1.24. The molecule has 9 heavy (non-hydrogen) atoms. The summed E-state index contributed by atoms with van der Waals surface area (Å²) >= 11 is 0. The first kappa shape index (κ1) is 8.87. The van der Waals surface area contributed by atoms with Crippen molar-refractivity contribution < 1.29 is 18.1 Å². The van der Waals surface area contributed by atoms with Crippen LogP contribution in [0.5, 0.6) is 0 Å². The summed E-state index contributed by atoms with van der Waals surface area (Å²) < 4.78 is 28.3. The summed E-state index contributed by atoms with van der Waals surface area (Å²) in [5.74, 6) is -0.760. The lowest BCUT2D eigenvalue weighted by Crippen LogP contribution is -2.15. The van der Waals surface area contributed by atoms with E-state index in [1.165, 1.54) is 6.92 Å². The molecule has 56 valence electrons. The Kier molecular flexibility index (Phi) is 3.10. The highest BCUT2D eigenvalue weighted by Gasteiger charge is 2.10. The predicted octanol–water partition coefficient (Wildman–Crippen LogP) is -0.497. The molecule has 0 bridgehead atoms. The first-order valence-electron chi connectivity index (χ1n) is 2.51. The van der Waals surface area contributed by atoms with E-state index in [1.54, 1.807) is 0 Å². The molecular formula is C4H10O4S. The van der Waals surface area contributed by atoms with Gasteiger partial charge in [-0.3, -0.25) is 4.55 Å². The molecule has 0 aromatic carbocycles. The molecule has 0 fully saturated rings. The summed E-state index contributed by atoms with van der Waals surface area (Å²) in [6, 6.07) is 0. The zero-order valence-electron chi connectivity index (χ0n) is 5.11. The van der Waals surface area contributed by atoms with Gasteiger partial charge in [0.05, 0.1) is 5.75 Å². The van der Waals surface area contributed by atoms with Crippen molar-refractivity contribution in [3.05, 3.63) is 0 Å². The zero-order valence-corrected chi connectivity index (χ0v) is 5.93. The first-order chi connectivity index (χ1) is 3.95. The minimum Gasteiger partial charge on any atom is -0.396 e. The Bertz CT molecular complexity index is 159. The molecule has 0 saturated heterocycles. The van der Waals surface area contributed by atoms with Gasteiger partial charge in [-0.25, -0.2) is 0 Å². The minimum atomic E-state index is -3.90. The van der Waals surface area contributed by atoms with E-state index in [4.69, 9.17) is 9.66 Å². The van der Waals surface area contributed by atoms with Crippen LogP contribution in [0.15, 0.2) is 0 Å². The summed E-state index contributed by atoms with van der Waals surface area (Å²) in [5.41, 5.74) is 0. The van der Waals surface area contributed by atoms with E-state index in [0.29, 0.717) is 0 Å². The lowest BCUT2D eigenvalue weighted by atomic mass is 10.2. The summed E-state index contributed by atoms with van der Waals surface area (Å²) in [4.78, 5) is 0. The van der Waals surface area contributed by atoms with E-state index in [0.717, 1.165) is 0 Å². The van der Waals surface area contributed by atoms with E-state index in [2.05, 4.69) is 0 Å². The van der Waals surface area contributed by atoms with E-state index in [-0.39, 0.29) is 18.3 Å². The number of rotatable bonds is 3. The molecule has 0 spiro atoms. The molecule has 2 N–H and O–H groups in total. The monoisotopic (exact) mass is 154 g/mol. The molecule has 0 heterocycles. The third-order valence-electron chi connectivity index (χ3n) is 0.807. The molecule has 1 atom stereocenters. The van der Waals surface area contributed by atoms with Crippen LogP contribution in [-0.2, 0) is 10.1 Å². The SMILES string of the molecule is C[C@@H](CO)CS(=O)(=O)O. The highest BCUT2D eigenvalue weighted by atomic mass is 32.2. The van der Waals surface area contributed by atoms with Crippen molar-refractivity contribution in [1.82, 2.24) is 0 Å². The van der Waals surface area contributed by atoms with Gasteiger partial charge in [-0.2, -0.15) is 8.42 Å². The Hall–Kier alpha value is -0.130. The lowest BCUT2D eigenvalue weighted by Gasteiger charge is -2.02. The normalized spacial score (nSPS) is 15.4. The van der Waals surface area contributed by atoms with E-state index >= 15 is 0 Å². The van der Waals surface area contributed by atoms with E-state index < -0.39 is 10.1 Å². The van der Waals surface area contributed by atoms with Crippen molar-refractivity contribution in [3.8, 4) is 0 Å². The van der Waals surface area contributed by atoms with E-state index in [9.17, 15) is 8.42 Å². The minimum absolute atomic E-state index is 0.222. The molecule has 5 heteroatoms. The van der Waals surface area contributed by atoms with Crippen molar-refractivity contribution in [1.29, 1.82) is 0 Å². The maximum atomic E-state index is 10.0. The maximum Gasteiger partial charge on any atom is 0.265 e. The fraction of sp³-hybridized carbons (Fsp3) is 1.00. The second-order valence-corrected chi connectivity index (χ2v) is 3.53. The molecule has 0 aliphatic carbocycles. The third-order valence-corrected chi connectivity index (χ3v) is 1.80. The summed E-state index contributed by atoms with van der Waals surface area (Å²) in [6.07, 6.45) is 0. The summed E-state index contributed by atoms with van der Waals surface area (Å²) in [5, 5.41) is 8.32. The predicted molar refractivity (Wildman–Crippen MR) is 32.7 cm³/mol. The Morgan fingerprint density at radius 3 is 2.11 bits per heavy atom. The molecule has 0 aliphatic heterocycles. The van der Waals surface area contributed by atoms with Gasteiger partial charge < -0.3 is 5.11 Å². The van der Waals surface area contributed by atoms with Crippen molar-refractivity contribution in [2.24, 2.45) is 5.92 Å². The molecule has 0 aromatic heterocycles. The lowest BCUT2D eigenvalue weighted by molar-refractivity contribution is 0.247. The van der Waals surface area contributed by atoms with Gasteiger partial charge in [0, 0.05) is 6.61 Å². The van der Waals surface area contributed by atoms with Crippen LogP contribution in [0.4, 0.5) is 0 Å². The number of hydrogen-bond acceptors (Lipinski definition) is 3. The van der Waals surface area contributed by atoms with Gasteiger partial charge in [0.1, 0.15) is 0 Å². The van der Waals surface area contributed by atoms with E-state index in [1.807, 2.05) is 0 Å². The quantitative estimate of drug-likeness (QED) is 0.537. The van der Waals surface area contributed by atoms with Gasteiger partial charge in [0.2, 0.25) is 0 Å². The molecular weight excluding hydrogens is 144 g/mol. The highest BCUT2D eigenvalue weighted by molar-refractivity contribution is 7.85. The Balaban J connectivity index is 3.75. The Labute approximate surface area is 54.3 Å². The van der Waals surface area contributed by atoms with Crippen LogP contribution >= 0.6 is 0 Å². The van der Waals surface area contributed by atoms with Crippen LogP contribution in [0.3, 0.4) is 0 Å². The second kappa shape index (κ2) is 3.14.